The summed E-state index contributed by atoms with van der Waals surface area (Å²) in [6.07, 6.45) is 7.69. The van der Waals surface area contributed by atoms with Crippen LogP contribution in [0.25, 0.3) is 0 Å². The predicted octanol–water partition coefficient (Wildman–Crippen LogP) is 2.41. The fraction of sp³-hybridized carbons (Fsp3) is 0.500. The number of aromatic nitrogens is 4. The molecule has 7 heteroatoms. The van der Waals surface area contributed by atoms with E-state index in [-0.39, 0.29) is 0 Å². The monoisotopic (exact) mass is 306 g/mol. The molecule has 0 fully saturated rings. The summed E-state index contributed by atoms with van der Waals surface area (Å²) in [5.41, 5.74) is 0. The summed E-state index contributed by atoms with van der Waals surface area (Å²) in [6.45, 7) is 3.84. The van der Waals surface area contributed by atoms with E-state index < -0.39 is 0 Å². The smallest absolute Gasteiger partial charge is 0.191 e. The summed E-state index contributed by atoms with van der Waals surface area (Å²) in [5.74, 6) is 2.78. The molecule has 0 saturated carbocycles. The zero-order chi connectivity index (χ0) is 15.1. The molecule has 2 aromatic heterocycles. The van der Waals surface area contributed by atoms with E-state index in [0.717, 1.165) is 48.5 Å². The van der Waals surface area contributed by atoms with E-state index in [0.29, 0.717) is 0 Å². The van der Waals surface area contributed by atoms with E-state index in [2.05, 4.69) is 32.5 Å². The maximum atomic E-state index is 4.47. The molecule has 6 nitrogen and oxygen atoms in total. The van der Waals surface area contributed by atoms with Crippen LogP contribution in [-0.2, 0) is 13.5 Å². The Balaban J connectivity index is 1.96. The second-order valence-electron chi connectivity index (χ2n) is 4.68. The number of aryl methyl sites for hydroxylation is 1. The van der Waals surface area contributed by atoms with Crippen molar-refractivity contribution < 1.29 is 0 Å². The maximum absolute atomic E-state index is 4.47. The SMILES string of the molecule is CCCNc1cc(NCCc2nccn2C)nc(SC)n1. The van der Waals surface area contributed by atoms with Gasteiger partial charge in [0, 0.05) is 45.0 Å². The molecule has 0 spiro atoms. The number of rotatable bonds is 8. The Morgan fingerprint density at radius 1 is 1.19 bits per heavy atom. The first-order chi connectivity index (χ1) is 10.2. The van der Waals surface area contributed by atoms with Gasteiger partial charge in [0.05, 0.1) is 0 Å². The number of imidazole rings is 1. The van der Waals surface area contributed by atoms with Crippen molar-refractivity contribution in [2.24, 2.45) is 7.05 Å². The minimum Gasteiger partial charge on any atom is -0.370 e. The van der Waals surface area contributed by atoms with Crippen molar-refractivity contribution >= 4 is 23.4 Å². The van der Waals surface area contributed by atoms with Gasteiger partial charge in [-0.2, -0.15) is 0 Å². The van der Waals surface area contributed by atoms with Crippen molar-refractivity contribution in [3.63, 3.8) is 0 Å². The first-order valence-electron chi connectivity index (χ1n) is 7.10. The second kappa shape index (κ2) is 7.87. The molecule has 2 N–H and O–H groups in total. The van der Waals surface area contributed by atoms with Crippen LogP contribution in [0.3, 0.4) is 0 Å². The van der Waals surface area contributed by atoms with E-state index in [1.807, 2.05) is 36.3 Å². The Labute approximate surface area is 129 Å². The molecular formula is C14H22N6S. The number of hydrogen-bond acceptors (Lipinski definition) is 6. The molecule has 0 bridgehead atoms. The van der Waals surface area contributed by atoms with Gasteiger partial charge in [-0.3, -0.25) is 0 Å². The summed E-state index contributed by atoms with van der Waals surface area (Å²) in [5, 5.41) is 7.42. The van der Waals surface area contributed by atoms with Crippen molar-refractivity contribution in [3.05, 3.63) is 24.3 Å². The van der Waals surface area contributed by atoms with Gasteiger partial charge in [-0.25, -0.2) is 15.0 Å². The van der Waals surface area contributed by atoms with Gasteiger partial charge >= 0.3 is 0 Å². The van der Waals surface area contributed by atoms with Crippen molar-refractivity contribution in [3.8, 4) is 0 Å². The van der Waals surface area contributed by atoms with Gasteiger partial charge in [0.15, 0.2) is 5.16 Å². The van der Waals surface area contributed by atoms with Crippen LogP contribution < -0.4 is 10.6 Å². The maximum Gasteiger partial charge on any atom is 0.191 e. The lowest BCUT2D eigenvalue weighted by atomic mass is 10.4. The first-order valence-corrected chi connectivity index (χ1v) is 8.32. The second-order valence-corrected chi connectivity index (χ2v) is 5.46. The third kappa shape index (κ3) is 4.63. The Kier molecular flexibility index (Phi) is 5.86. The molecule has 114 valence electrons. The van der Waals surface area contributed by atoms with Crippen LogP contribution in [0.2, 0.25) is 0 Å². The third-order valence-electron chi connectivity index (χ3n) is 3.02. The highest BCUT2D eigenvalue weighted by atomic mass is 32.2. The van der Waals surface area contributed by atoms with Crippen LogP contribution in [0.4, 0.5) is 11.6 Å². The standard InChI is InChI=1S/C14H22N6S/c1-4-6-15-11-10-12(19-14(18-11)21-3)16-7-5-13-17-8-9-20(13)2/h8-10H,4-7H2,1-3H3,(H2,15,16,18,19). The van der Waals surface area contributed by atoms with E-state index in [4.69, 9.17) is 0 Å². The minimum absolute atomic E-state index is 0.774. The Hall–Kier alpha value is -1.76. The highest BCUT2D eigenvalue weighted by Crippen LogP contribution is 2.17. The molecule has 2 heterocycles. The predicted molar refractivity (Wildman–Crippen MR) is 88.0 cm³/mol. The average molecular weight is 306 g/mol. The molecule has 2 aromatic rings. The molecule has 0 saturated heterocycles. The summed E-state index contributed by atoms with van der Waals surface area (Å²) in [4.78, 5) is 13.2. The number of thioether (sulfide) groups is 1. The molecule has 0 aliphatic rings. The molecule has 0 unspecified atom stereocenters. The van der Waals surface area contributed by atoms with Gasteiger partial charge in [-0.05, 0) is 12.7 Å². The fourth-order valence-electron chi connectivity index (χ4n) is 1.89. The van der Waals surface area contributed by atoms with Crippen LogP contribution in [0, 0.1) is 0 Å². The van der Waals surface area contributed by atoms with Gasteiger partial charge in [-0.1, -0.05) is 18.7 Å². The number of nitrogens with one attached hydrogen (secondary N) is 2. The number of anilines is 2. The Morgan fingerprint density at radius 2 is 1.90 bits per heavy atom. The van der Waals surface area contributed by atoms with Gasteiger partial charge in [0.2, 0.25) is 0 Å². The van der Waals surface area contributed by atoms with Gasteiger partial charge in [-0.15, -0.1) is 0 Å². The molecule has 0 amide bonds. The van der Waals surface area contributed by atoms with E-state index in [1.165, 1.54) is 0 Å². The minimum atomic E-state index is 0.774. The fourth-order valence-corrected chi connectivity index (χ4v) is 2.27. The third-order valence-corrected chi connectivity index (χ3v) is 3.57. The van der Waals surface area contributed by atoms with E-state index in [1.54, 1.807) is 11.8 Å². The van der Waals surface area contributed by atoms with Crippen LogP contribution >= 0.6 is 11.8 Å². The normalized spacial score (nSPS) is 10.6. The molecular weight excluding hydrogens is 284 g/mol. The first kappa shape index (κ1) is 15.6. The topological polar surface area (TPSA) is 67.7 Å². The number of nitrogens with zero attached hydrogens (tertiary/aromatic N) is 4. The van der Waals surface area contributed by atoms with Crippen molar-refractivity contribution in [2.75, 3.05) is 30.0 Å². The lowest BCUT2D eigenvalue weighted by Gasteiger charge is -2.10. The largest absolute Gasteiger partial charge is 0.370 e. The molecule has 0 aliphatic carbocycles. The summed E-state index contributed by atoms with van der Waals surface area (Å²) < 4.78 is 2.03. The Morgan fingerprint density at radius 3 is 2.48 bits per heavy atom. The number of hydrogen-bond donors (Lipinski definition) is 2. The lowest BCUT2D eigenvalue weighted by Crippen LogP contribution is -2.11. The molecule has 0 aliphatic heterocycles. The van der Waals surface area contributed by atoms with Crippen LogP contribution in [-0.4, -0.2) is 38.9 Å². The zero-order valence-electron chi connectivity index (χ0n) is 12.8. The van der Waals surface area contributed by atoms with Crippen molar-refractivity contribution in [1.29, 1.82) is 0 Å². The molecule has 0 atom stereocenters. The van der Waals surface area contributed by atoms with Crippen LogP contribution in [0.1, 0.15) is 19.2 Å². The van der Waals surface area contributed by atoms with Crippen molar-refractivity contribution in [1.82, 2.24) is 19.5 Å². The Bertz CT molecular complexity index is 568. The molecule has 0 aromatic carbocycles. The molecule has 21 heavy (non-hydrogen) atoms. The van der Waals surface area contributed by atoms with Crippen LogP contribution in [0.15, 0.2) is 23.6 Å². The van der Waals surface area contributed by atoms with Crippen molar-refractivity contribution in [2.45, 2.75) is 24.9 Å². The zero-order valence-corrected chi connectivity index (χ0v) is 13.6. The average Bonchev–Trinajstić information content (AvgIpc) is 2.90. The van der Waals surface area contributed by atoms with E-state index in [9.17, 15) is 0 Å². The molecule has 2 rings (SSSR count). The highest BCUT2D eigenvalue weighted by molar-refractivity contribution is 7.98. The quantitative estimate of drug-likeness (QED) is 0.576. The van der Waals surface area contributed by atoms with Crippen LogP contribution in [0.5, 0.6) is 0 Å². The highest BCUT2D eigenvalue weighted by Gasteiger charge is 2.04. The summed E-state index contributed by atoms with van der Waals surface area (Å²) >= 11 is 1.55. The van der Waals surface area contributed by atoms with Gasteiger partial charge in [0.25, 0.3) is 0 Å². The van der Waals surface area contributed by atoms with Gasteiger partial charge < -0.3 is 15.2 Å². The molecule has 0 radical (unpaired) electrons. The van der Waals surface area contributed by atoms with Gasteiger partial charge in [0.1, 0.15) is 17.5 Å². The lowest BCUT2D eigenvalue weighted by molar-refractivity contribution is 0.787. The van der Waals surface area contributed by atoms with E-state index >= 15 is 0 Å². The summed E-state index contributed by atoms with van der Waals surface area (Å²) in [7, 11) is 2.01. The summed E-state index contributed by atoms with van der Waals surface area (Å²) in [6, 6.07) is 1.95.